The second-order valence-corrected chi connectivity index (χ2v) is 3.08. The fraction of sp³-hybridized carbons (Fsp3) is 0.857. The molecule has 0 radical (unpaired) electrons. The summed E-state index contributed by atoms with van der Waals surface area (Å²) in [4.78, 5) is 10.9. The van der Waals surface area contributed by atoms with Crippen molar-refractivity contribution in [3.63, 3.8) is 0 Å². The number of carbonyl (C=O) groups is 1. The van der Waals surface area contributed by atoms with Gasteiger partial charge in [0.2, 0.25) is 5.67 Å². The van der Waals surface area contributed by atoms with Gasteiger partial charge in [-0.25, -0.2) is 9.18 Å². The maximum atomic E-state index is 13.6. The summed E-state index contributed by atoms with van der Waals surface area (Å²) in [7, 11) is 0.857. The van der Waals surface area contributed by atoms with E-state index in [-0.39, 0.29) is 0 Å². The molecule has 0 aromatic heterocycles. The van der Waals surface area contributed by atoms with Gasteiger partial charge in [-0.15, -0.1) is 0 Å². The summed E-state index contributed by atoms with van der Waals surface area (Å²) in [5, 5.41) is 2.19. The Labute approximate surface area is 77.4 Å². The zero-order valence-electron chi connectivity index (χ0n) is 7.32. The minimum Gasteiger partial charge on any atom is -0.467 e. The van der Waals surface area contributed by atoms with E-state index < -0.39 is 36.8 Å². The summed E-state index contributed by atoms with van der Waals surface area (Å²) in [6.07, 6.45) is -4.74. The number of nitrogens with one attached hydrogen (secondary N) is 1. The third kappa shape index (κ3) is 1.68. The molecule has 1 saturated heterocycles. The summed E-state index contributed by atoms with van der Waals surface area (Å²) >= 11 is 0. The third-order valence-electron chi connectivity index (χ3n) is 2.20. The van der Waals surface area contributed by atoms with E-state index in [1.807, 2.05) is 0 Å². The van der Waals surface area contributed by atoms with Crippen LogP contribution in [0.2, 0.25) is 0 Å². The molecule has 1 N–H and O–H groups in total. The molecule has 1 rings (SSSR count). The van der Waals surface area contributed by atoms with Crippen LogP contribution in [0.3, 0.4) is 0 Å². The van der Waals surface area contributed by atoms with Gasteiger partial charge in [-0.2, -0.15) is 13.2 Å². The van der Waals surface area contributed by atoms with Gasteiger partial charge in [0.1, 0.15) is 5.92 Å². The molecule has 0 saturated carbocycles. The van der Waals surface area contributed by atoms with E-state index in [1.165, 1.54) is 0 Å². The quantitative estimate of drug-likeness (QED) is 0.515. The van der Waals surface area contributed by atoms with Crippen molar-refractivity contribution in [3.05, 3.63) is 0 Å². The Morgan fingerprint density at radius 2 is 2.14 bits per heavy atom. The van der Waals surface area contributed by atoms with Crippen molar-refractivity contribution in [3.8, 4) is 0 Å². The zero-order chi connectivity index (χ0) is 11.0. The highest BCUT2D eigenvalue weighted by Gasteiger charge is 2.62. The van der Waals surface area contributed by atoms with E-state index >= 15 is 0 Å². The fourth-order valence-electron chi connectivity index (χ4n) is 1.44. The normalized spacial score (nSPS) is 33.1. The Bertz CT molecular complexity index is 242. The highest BCUT2D eigenvalue weighted by molar-refractivity contribution is 5.80. The average Bonchev–Trinajstić information content (AvgIpc) is 2.46. The van der Waals surface area contributed by atoms with E-state index in [9.17, 15) is 22.4 Å². The van der Waals surface area contributed by atoms with E-state index in [0.29, 0.717) is 0 Å². The van der Waals surface area contributed by atoms with Gasteiger partial charge in [-0.05, 0) is 0 Å². The predicted octanol–water partition coefficient (Wildman–Crippen LogP) is 0.649. The number of halogens is 4. The number of ether oxygens (including phenoxy) is 1. The average molecular weight is 215 g/mol. The van der Waals surface area contributed by atoms with Crippen LogP contribution in [0.25, 0.3) is 0 Å². The lowest BCUT2D eigenvalue weighted by Gasteiger charge is -2.25. The number of methoxy groups -OCH3 is 1. The molecule has 0 amide bonds. The summed E-state index contributed by atoms with van der Waals surface area (Å²) in [5.74, 6) is -3.81. The molecule has 2 atom stereocenters. The molecule has 1 aliphatic rings. The van der Waals surface area contributed by atoms with Crippen LogP contribution in [0.15, 0.2) is 0 Å². The minimum absolute atomic E-state index is 0.602. The standard InChI is InChI=1S/C7H9F4NO2/c1-14-5(13)6(8)3-12-2-4(6)7(9,10)11/h4,12H,2-3H2,1H3. The van der Waals surface area contributed by atoms with Gasteiger partial charge in [0, 0.05) is 13.1 Å². The largest absolute Gasteiger partial charge is 0.467 e. The van der Waals surface area contributed by atoms with Crippen molar-refractivity contribution in [2.45, 2.75) is 11.8 Å². The Morgan fingerprint density at radius 1 is 1.57 bits per heavy atom. The molecule has 0 spiro atoms. The van der Waals surface area contributed by atoms with Gasteiger partial charge >= 0.3 is 12.1 Å². The molecule has 0 aliphatic carbocycles. The number of rotatable bonds is 1. The third-order valence-corrected chi connectivity index (χ3v) is 2.20. The van der Waals surface area contributed by atoms with Crippen molar-refractivity contribution >= 4 is 5.97 Å². The predicted molar refractivity (Wildman–Crippen MR) is 38.3 cm³/mol. The number of hydrogen-bond acceptors (Lipinski definition) is 3. The first-order chi connectivity index (χ1) is 6.32. The van der Waals surface area contributed by atoms with Crippen molar-refractivity contribution in [2.24, 2.45) is 5.92 Å². The van der Waals surface area contributed by atoms with Crippen molar-refractivity contribution in [1.29, 1.82) is 0 Å². The Kier molecular flexibility index (Phi) is 2.71. The van der Waals surface area contributed by atoms with E-state index in [2.05, 4.69) is 10.1 Å². The number of esters is 1. The Hall–Kier alpha value is -0.850. The summed E-state index contributed by atoms with van der Waals surface area (Å²) in [6, 6.07) is 0. The van der Waals surface area contributed by atoms with Gasteiger partial charge in [-0.1, -0.05) is 0 Å². The highest BCUT2D eigenvalue weighted by atomic mass is 19.4. The molecule has 14 heavy (non-hydrogen) atoms. The van der Waals surface area contributed by atoms with Gasteiger partial charge in [-0.3, -0.25) is 0 Å². The maximum Gasteiger partial charge on any atom is 0.396 e. The van der Waals surface area contributed by atoms with E-state index in [1.54, 1.807) is 0 Å². The Balaban J connectivity index is 2.92. The van der Waals surface area contributed by atoms with E-state index in [4.69, 9.17) is 0 Å². The second kappa shape index (κ2) is 3.38. The fourth-order valence-corrected chi connectivity index (χ4v) is 1.44. The molecule has 7 heteroatoms. The number of alkyl halides is 4. The maximum absolute atomic E-state index is 13.6. The number of hydrogen-bond donors (Lipinski definition) is 1. The number of carbonyl (C=O) groups excluding carboxylic acids is 1. The van der Waals surface area contributed by atoms with Crippen LogP contribution in [0.5, 0.6) is 0 Å². The van der Waals surface area contributed by atoms with Crippen molar-refractivity contribution in [1.82, 2.24) is 5.32 Å². The van der Waals surface area contributed by atoms with Crippen LogP contribution < -0.4 is 5.32 Å². The first-order valence-electron chi connectivity index (χ1n) is 3.87. The van der Waals surface area contributed by atoms with Crippen LogP contribution in [0.1, 0.15) is 0 Å². The van der Waals surface area contributed by atoms with Crippen LogP contribution in [0, 0.1) is 5.92 Å². The van der Waals surface area contributed by atoms with Gasteiger partial charge in [0.25, 0.3) is 0 Å². The zero-order valence-corrected chi connectivity index (χ0v) is 7.32. The monoisotopic (exact) mass is 215 g/mol. The lowest BCUT2D eigenvalue weighted by molar-refractivity contribution is -0.207. The Morgan fingerprint density at radius 3 is 2.57 bits per heavy atom. The molecule has 1 fully saturated rings. The van der Waals surface area contributed by atoms with E-state index in [0.717, 1.165) is 7.11 Å². The molecule has 0 bridgehead atoms. The molecule has 3 nitrogen and oxygen atoms in total. The molecule has 1 aliphatic heterocycles. The van der Waals surface area contributed by atoms with Crippen molar-refractivity contribution < 1.29 is 27.1 Å². The van der Waals surface area contributed by atoms with Gasteiger partial charge in [0.05, 0.1) is 7.11 Å². The second-order valence-electron chi connectivity index (χ2n) is 3.08. The van der Waals surface area contributed by atoms with Crippen LogP contribution in [-0.2, 0) is 9.53 Å². The molecule has 1 heterocycles. The molecule has 0 aromatic rings. The molecule has 82 valence electrons. The first kappa shape index (κ1) is 11.2. The molecular weight excluding hydrogens is 206 g/mol. The first-order valence-corrected chi connectivity index (χ1v) is 3.87. The van der Waals surface area contributed by atoms with Crippen molar-refractivity contribution in [2.75, 3.05) is 20.2 Å². The summed E-state index contributed by atoms with van der Waals surface area (Å²) < 4.78 is 54.4. The van der Waals surface area contributed by atoms with Crippen LogP contribution in [-0.4, -0.2) is 38.0 Å². The summed E-state index contributed by atoms with van der Waals surface area (Å²) in [5.41, 5.74) is -2.99. The molecule has 2 unspecified atom stereocenters. The van der Waals surface area contributed by atoms with Gasteiger partial charge < -0.3 is 10.1 Å². The van der Waals surface area contributed by atoms with Crippen LogP contribution in [0.4, 0.5) is 17.6 Å². The SMILES string of the molecule is COC(=O)C1(F)CNCC1C(F)(F)F. The lowest BCUT2D eigenvalue weighted by atomic mass is 9.92. The molecular formula is C7H9F4NO2. The topological polar surface area (TPSA) is 38.3 Å². The smallest absolute Gasteiger partial charge is 0.396 e. The van der Waals surface area contributed by atoms with Gasteiger partial charge in [0.15, 0.2) is 0 Å². The summed E-state index contributed by atoms with van der Waals surface area (Å²) in [6.45, 7) is -1.26. The highest BCUT2D eigenvalue weighted by Crippen LogP contribution is 2.39. The van der Waals surface area contributed by atoms with Crippen LogP contribution >= 0.6 is 0 Å². The molecule has 0 aromatic carbocycles. The lowest BCUT2D eigenvalue weighted by Crippen LogP contribution is -2.48. The minimum atomic E-state index is -4.74.